The Bertz CT molecular complexity index is 1290. The molecule has 4 nitrogen and oxygen atoms in total. The Balaban J connectivity index is 1.73. The molecule has 0 radical (unpaired) electrons. The molecule has 2 atom stereocenters. The number of hydrogen-bond acceptors (Lipinski definition) is 3. The van der Waals surface area contributed by atoms with Gasteiger partial charge in [-0.3, -0.25) is 4.90 Å². The van der Waals surface area contributed by atoms with Crippen molar-refractivity contribution in [1.82, 2.24) is 4.90 Å². The van der Waals surface area contributed by atoms with Crippen molar-refractivity contribution in [2.24, 2.45) is 5.41 Å². The molecular formula is C30H34F6N2O2. The molecule has 0 spiro atoms. The van der Waals surface area contributed by atoms with Crippen LogP contribution in [0, 0.1) is 5.41 Å². The SMILES string of the molecule is CC(C)c1ccc(N)c(C2=C(CN3C(=O)O[C@H](c4cc(C(F)(F)F)cc(C(F)(F)F)c4)[C@@H]3C)CC(C)(C)CC2)c1. The summed E-state index contributed by atoms with van der Waals surface area (Å²) in [5.74, 6) is 0.270. The van der Waals surface area contributed by atoms with Gasteiger partial charge in [-0.25, -0.2) is 4.79 Å². The van der Waals surface area contributed by atoms with Crippen LogP contribution in [0.4, 0.5) is 36.8 Å². The van der Waals surface area contributed by atoms with Crippen LogP contribution in [0.3, 0.4) is 0 Å². The topological polar surface area (TPSA) is 55.6 Å². The Labute approximate surface area is 230 Å². The van der Waals surface area contributed by atoms with Gasteiger partial charge in [0.1, 0.15) is 6.10 Å². The fraction of sp³-hybridized carbons (Fsp3) is 0.500. The first-order valence-corrected chi connectivity index (χ1v) is 13.2. The van der Waals surface area contributed by atoms with E-state index in [1.54, 1.807) is 6.92 Å². The number of nitrogens with zero attached hydrogens (tertiary/aromatic N) is 1. The summed E-state index contributed by atoms with van der Waals surface area (Å²) in [6, 6.07) is 6.41. The van der Waals surface area contributed by atoms with E-state index in [9.17, 15) is 31.1 Å². The van der Waals surface area contributed by atoms with Gasteiger partial charge in [-0.1, -0.05) is 33.8 Å². The highest BCUT2D eigenvalue weighted by Crippen LogP contribution is 2.46. The van der Waals surface area contributed by atoms with Crippen molar-refractivity contribution in [1.29, 1.82) is 0 Å². The van der Waals surface area contributed by atoms with Gasteiger partial charge in [0.25, 0.3) is 0 Å². The van der Waals surface area contributed by atoms with Crippen LogP contribution in [0.25, 0.3) is 5.57 Å². The maximum Gasteiger partial charge on any atom is 0.416 e. The lowest BCUT2D eigenvalue weighted by Crippen LogP contribution is -2.35. The zero-order valence-electron chi connectivity index (χ0n) is 23.1. The van der Waals surface area contributed by atoms with E-state index in [0.29, 0.717) is 24.2 Å². The number of amides is 1. The molecule has 2 N–H and O–H groups in total. The van der Waals surface area contributed by atoms with E-state index < -0.39 is 41.7 Å². The highest BCUT2D eigenvalue weighted by molar-refractivity contribution is 5.80. The summed E-state index contributed by atoms with van der Waals surface area (Å²) in [4.78, 5) is 14.4. The molecule has 1 saturated heterocycles. The van der Waals surface area contributed by atoms with Crippen molar-refractivity contribution in [3.8, 4) is 0 Å². The number of nitrogen functional groups attached to an aromatic ring is 1. The number of nitrogens with two attached hydrogens (primary N) is 1. The first-order valence-electron chi connectivity index (χ1n) is 13.2. The third-order valence-electron chi connectivity index (χ3n) is 7.93. The van der Waals surface area contributed by atoms with Crippen LogP contribution in [0.2, 0.25) is 0 Å². The van der Waals surface area contributed by atoms with Gasteiger partial charge < -0.3 is 10.5 Å². The van der Waals surface area contributed by atoms with Crippen LogP contribution in [-0.4, -0.2) is 23.6 Å². The number of ether oxygens (including phenoxy) is 1. The number of hydrogen-bond donors (Lipinski definition) is 1. The monoisotopic (exact) mass is 568 g/mol. The molecule has 0 aromatic heterocycles. The molecule has 2 aromatic carbocycles. The van der Waals surface area contributed by atoms with Crippen LogP contribution in [0.15, 0.2) is 42.0 Å². The predicted molar refractivity (Wildman–Crippen MR) is 141 cm³/mol. The summed E-state index contributed by atoms with van der Waals surface area (Å²) >= 11 is 0. The molecule has 218 valence electrons. The first-order chi connectivity index (χ1) is 18.4. The normalized spacial score (nSPS) is 21.8. The van der Waals surface area contributed by atoms with Gasteiger partial charge in [0.15, 0.2) is 0 Å². The number of rotatable bonds is 5. The molecule has 1 aliphatic carbocycles. The number of benzene rings is 2. The molecule has 10 heteroatoms. The van der Waals surface area contributed by atoms with Gasteiger partial charge in [-0.05, 0) is 90.1 Å². The molecule has 2 aliphatic rings. The molecule has 2 aromatic rings. The molecule has 0 unspecified atom stereocenters. The van der Waals surface area contributed by atoms with Gasteiger partial charge in [-0.2, -0.15) is 26.3 Å². The van der Waals surface area contributed by atoms with Gasteiger partial charge in [0, 0.05) is 17.8 Å². The Morgan fingerprint density at radius 3 is 2.17 bits per heavy atom. The average Bonchev–Trinajstić information content (AvgIpc) is 3.11. The van der Waals surface area contributed by atoms with Crippen molar-refractivity contribution < 1.29 is 35.9 Å². The molecule has 1 amide bonds. The minimum Gasteiger partial charge on any atom is -0.439 e. The third-order valence-corrected chi connectivity index (χ3v) is 7.93. The molecule has 0 bridgehead atoms. The van der Waals surface area contributed by atoms with Gasteiger partial charge >= 0.3 is 18.4 Å². The smallest absolute Gasteiger partial charge is 0.416 e. The number of carbonyl (C=O) groups excluding carboxylic acids is 1. The Kier molecular flexibility index (Phi) is 7.71. The second kappa shape index (κ2) is 10.3. The number of halogens is 6. The fourth-order valence-electron chi connectivity index (χ4n) is 5.59. The standard InChI is InChI=1S/C30H34F6N2O2/c1-16(2)18-6-7-25(37)24(12-18)23-8-9-28(4,5)14-20(23)15-38-17(3)26(40-27(38)39)19-10-21(29(31,32)33)13-22(11-19)30(34,35)36/h6-7,10-13,16-17,26H,8-9,14-15,37H2,1-5H3/t17-,26-/m0/s1. The quantitative estimate of drug-likeness (QED) is 0.289. The lowest BCUT2D eigenvalue weighted by molar-refractivity contribution is -0.143. The zero-order valence-corrected chi connectivity index (χ0v) is 23.1. The van der Waals surface area contributed by atoms with E-state index >= 15 is 0 Å². The summed E-state index contributed by atoms with van der Waals surface area (Å²) < 4.78 is 86.2. The fourth-order valence-corrected chi connectivity index (χ4v) is 5.59. The minimum absolute atomic E-state index is 0.0690. The van der Waals surface area contributed by atoms with Crippen LogP contribution in [-0.2, 0) is 17.1 Å². The van der Waals surface area contributed by atoms with E-state index in [0.717, 1.165) is 35.1 Å². The largest absolute Gasteiger partial charge is 0.439 e. The summed E-state index contributed by atoms with van der Waals surface area (Å²) in [6.45, 7) is 10.1. The Hall–Kier alpha value is -3.17. The van der Waals surface area contributed by atoms with Crippen molar-refractivity contribution in [2.45, 2.75) is 84.3 Å². The number of cyclic esters (lactones) is 1. The lowest BCUT2D eigenvalue weighted by Gasteiger charge is -2.36. The maximum absolute atomic E-state index is 13.5. The van der Waals surface area contributed by atoms with Gasteiger partial charge in [0.2, 0.25) is 0 Å². The molecular weight excluding hydrogens is 534 g/mol. The lowest BCUT2D eigenvalue weighted by atomic mass is 9.72. The highest BCUT2D eigenvalue weighted by Gasteiger charge is 2.44. The number of allylic oxidation sites excluding steroid dienone is 1. The van der Waals surface area contributed by atoms with E-state index in [1.807, 2.05) is 12.1 Å². The van der Waals surface area contributed by atoms with Gasteiger partial charge in [0.05, 0.1) is 17.2 Å². The average molecular weight is 569 g/mol. The molecule has 1 heterocycles. The minimum atomic E-state index is -5.00. The van der Waals surface area contributed by atoms with Crippen molar-refractivity contribution in [3.63, 3.8) is 0 Å². The van der Waals surface area contributed by atoms with E-state index in [4.69, 9.17) is 10.5 Å². The van der Waals surface area contributed by atoms with Crippen molar-refractivity contribution in [2.75, 3.05) is 12.3 Å². The zero-order chi connectivity index (χ0) is 29.8. The van der Waals surface area contributed by atoms with Crippen LogP contribution < -0.4 is 5.73 Å². The van der Waals surface area contributed by atoms with Crippen molar-refractivity contribution >= 4 is 17.4 Å². The Morgan fingerprint density at radius 1 is 1.02 bits per heavy atom. The second-order valence-corrected chi connectivity index (χ2v) is 11.9. The third kappa shape index (κ3) is 6.10. The van der Waals surface area contributed by atoms with Crippen LogP contribution in [0.1, 0.15) is 93.7 Å². The number of anilines is 1. The number of alkyl halides is 6. The van der Waals surface area contributed by atoms with Gasteiger partial charge in [-0.15, -0.1) is 0 Å². The van der Waals surface area contributed by atoms with Crippen LogP contribution in [0.5, 0.6) is 0 Å². The summed E-state index contributed by atoms with van der Waals surface area (Å²) in [5.41, 5.74) is 7.65. The maximum atomic E-state index is 13.5. The van der Waals surface area contributed by atoms with Crippen LogP contribution >= 0.6 is 0 Å². The second-order valence-electron chi connectivity index (χ2n) is 11.9. The molecule has 4 rings (SSSR count). The van der Waals surface area contributed by atoms with Crippen molar-refractivity contribution in [3.05, 3.63) is 69.8 Å². The summed E-state index contributed by atoms with van der Waals surface area (Å²) in [6.07, 6.45) is -9.83. The summed E-state index contributed by atoms with van der Waals surface area (Å²) in [7, 11) is 0. The summed E-state index contributed by atoms with van der Waals surface area (Å²) in [5, 5.41) is 0. The molecule has 1 fully saturated rings. The molecule has 40 heavy (non-hydrogen) atoms. The number of carbonyl (C=O) groups is 1. The van der Waals surface area contributed by atoms with E-state index in [1.165, 1.54) is 4.90 Å². The van der Waals surface area contributed by atoms with E-state index in [-0.39, 0.29) is 29.5 Å². The first kappa shape index (κ1) is 29.8. The molecule has 0 saturated carbocycles. The highest BCUT2D eigenvalue weighted by atomic mass is 19.4. The predicted octanol–water partition coefficient (Wildman–Crippen LogP) is 8.98. The molecule has 1 aliphatic heterocycles. The Morgan fingerprint density at radius 2 is 1.62 bits per heavy atom. The van der Waals surface area contributed by atoms with E-state index in [2.05, 4.69) is 33.8 Å².